The molecule has 0 aromatic heterocycles. The normalized spacial score (nSPS) is 13.4. The molecule has 0 rings (SSSR count). The molecule has 0 aliphatic carbocycles. The van der Waals surface area contributed by atoms with E-state index in [4.69, 9.17) is 5.11 Å². The first-order valence-electron chi connectivity index (χ1n) is 5.58. The summed E-state index contributed by atoms with van der Waals surface area (Å²) in [6.45, 7) is 9.33. The zero-order chi connectivity index (χ0) is 13.3. The predicted octanol–water partition coefficient (Wildman–Crippen LogP) is 2.57. The van der Waals surface area contributed by atoms with Gasteiger partial charge >= 0.3 is 11.9 Å². The Morgan fingerprint density at radius 2 is 1.62 bits per heavy atom. The van der Waals surface area contributed by atoms with Crippen LogP contribution in [0, 0.1) is 17.8 Å². The number of carboxylic acid groups (broad SMARTS) is 1. The van der Waals surface area contributed by atoms with E-state index >= 15 is 0 Å². The van der Waals surface area contributed by atoms with Crippen molar-refractivity contribution in [2.45, 2.75) is 41.0 Å². The molecule has 2 unspecified atom stereocenters. The highest BCUT2D eigenvalue weighted by Gasteiger charge is 2.13. The number of ether oxygens (including phenoxy) is 1. The van der Waals surface area contributed by atoms with Gasteiger partial charge in [-0.3, -0.25) is 9.59 Å². The summed E-state index contributed by atoms with van der Waals surface area (Å²) in [5.74, 6) is -0.741. The Kier molecular flexibility index (Phi) is 9.96. The molecule has 16 heavy (non-hydrogen) atoms. The monoisotopic (exact) mass is 232 g/mol. The molecule has 4 heteroatoms. The average molecular weight is 232 g/mol. The first kappa shape index (κ1) is 17.3. The minimum atomic E-state index is -0.708. The Bertz CT molecular complexity index is 211. The van der Waals surface area contributed by atoms with Crippen LogP contribution >= 0.6 is 0 Å². The number of hydrogen-bond acceptors (Lipinski definition) is 3. The van der Waals surface area contributed by atoms with Crippen LogP contribution in [0.2, 0.25) is 0 Å². The molecule has 0 heterocycles. The summed E-state index contributed by atoms with van der Waals surface area (Å²) in [6, 6.07) is 0. The van der Waals surface area contributed by atoms with Crippen molar-refractivity contribution in [2.75, 3.05) is 7.11 Å². The number of methoxy groups -OCH3 is 1. The average Bonchev–Trinajstić information content (AvgIpc) is 2.26. The van der Waals surface area contributed by atoms with E-state index in [1.54, 1.807) is 6.92 Å². The van der Waals surface area contributed by atoms with E-state index in [-0.39, 0.29) is 23.7 Å². The van der Waals surface area contributed by atoms with E-state index in [2.05, 4.69) is 4.74 Å². The van der Waals surface area contributed by atoms with Gasteiger partial charge in [-0.1, -0.05) is 34.6 Å². The second-order valence-corrected chi connectivity index (χ2v) is 4.20. The topological polar surface area (TPSA) is 63.6 Å². The number of carbonyl (C=O) groups is 2. The first-order valence-corrected chi connectivity index (χ1v) is 5.58. The van der Waals surface area contributed by atoms with Gasteiger partial charge in [0.25, 0.3) is 0 Å². The summed E-state index contributed by atoms with van der Waals surface area (Å²) < 4.78 is 4.46. The van der Waals surface area contributed by atoms with Crippen LogP contribution < -0.4 is 0 Å². The fourth-order valence-electron chi connectivity index (χ4n) is 0.653. The van der Waals surface area contributed by atoms with E-state index in [0.717, 1.165) is 6.42 Å². The molecule has 0 fully saturated rings. The second kappa shape index (κ2) is 9.19. The Morgan fingerprint density at radius 3 is 1.69 bits per heavy atom. The lowest BCUT2D eigenvalue weighted by Gasteiger charge is -2.07. The molecular weight excluding hydrogens is 208 g/mol. The molecule has 0 aromatic rings. The third kappa shape index (κ3) is 8.26. The zero-order valence-electron chi connectivity index (χ0n) is 11.1. The lowest BCUT2D eigenvalue weighted by atomic mass is 9.99. The molecule has 96 valence electrons. The van der Waals surface area contributed by atoms with Crippen molar-refractivity contribution in [3.63, 3.8) is 0 Å². The Labute approximate surface area is 98.0 Å². The Hall–Kier alpha value is -1.06. The van der Waals surface area contributed by atoms with Gasteiger partial charge in [-0.2, -0.15) is 0 Å². The zero-order valence-corrected chi connectivity index (χ0v) is 11.1. The molecule has 0 aliphatic rings. The van der Waals surface area contributed by atoms with E-state index in [0.29, 0.717) is 0 Å². The van der Waals surface area contributed by atoms with Crippen LogP contribution in [0.15, 0.2) is 0 Å². The van der Waals surface area contributed by atoms with Gasteiger partial charge in [0.05, 0.1) is 18.9 Å². The number of esters is 1. The van der Waals surface area contributed by atoms with Crippen LogP contribution in [0.4, 0.5) is 0 Å². The van der Waals surface area contributed by atoms with Gasteiger partial charge in [0.15, 0.2) is 0 Å². The number of carboxylic acids is 1. The second-order valence-electron chi connectivity index (χ2n) is 4.20. The van der Waals surface area contributed by atoms with Gasteiger partial charge < -0.3 is 9.84 Å². The largest absolute Gasteiger partial charge is 0.481 e. The molecule has 0 spiro atoms. The molecule has 0 aromatic carbocycles. The molecule has 4 nitrogen and oxygen atoms in total. The lowest BCUT2D eigenvalue weighted by Crippen LogP contribution is -2.15. The minimum absolute atomic E-state index is 0.0556. The number of rotatable bonds is 4. The van der Waals surface area contributed by atoms with Crippen LogP contribution in [0.5, 0.6) is 0 Å². The van der Waals surface area contributed by atoms with Crippen molar-refractivity contribution < 1.29 is 19.4 Å². The van der Waals surface area contributed by atoms with Crippen molar-refractivity contribution >= 4 is 11.9 Å². The summed E-state index contributed by atoms with van der Waals surface area (Å²) in [4.78, 5) is 20.7. The quantitative estimate of drug-likeness (QED) is 0.757. The van der Waals surface area contributed by atoms with Crippen LogP contribution in [0.3, 0.4) is 0 Å². The SMILES string of the molecule is CC(C)C(C)C(=O)O.CCC(C)C(=O)OC. The van der Waals surface area contributed by atoms with Crippen LogP contribution in [0.25, 0.3) is 0 Å². The summed E-state index contributed by atoms with van der Waals surface area (Å²) in [5.41, 5.74) is 0. The molecule has 0 amide bonds. The molecule has 0 radical (unpaired) electrons. The Balaban J connectivity index is 0. The number of aliphatic carboxylic acids is 1. The highest BCUT2D eigenvalue weighted by molar-refractivity contribution is 5.71. The Morgan fingerprint density at radius 1 is 1.19 bits per heavy atom. The molecule has 0 bridgehead atoms. The van der Waals surface area contributed by atoms with Crippen LogP contribution in [-0.4, -0.2) is 24.2 Å². The summed E-state index contributed by atoms with van der Waals surface area (Å²) in [7, 11) is 1.41. The van der Waals surface area contributed by atoms with Crippen molar-refractivity contribution in [2.24, 2.45) is 17.8 Å². The fraction of sp³-hybridized carbons (Fsp3) is 0.833. The van der Waals surface area contributed by atoms with Gasteiger partial charge in [0, 0.05) is 0 Å². The lowest BCUT2D eigenvalue weighted by molar-refractivity contribution is -0.145. The predicted molar refractivity (Wildman–Crippen MR) is 63.1 cm³/mol. The minimum Gasteiger partial charge on any atom is -0.481 e. The number of hydrogen-bond donors (Lipinski definition) is 1. The maximum atomic E-state index is 10.5. The van der Waals surface area contributed by atoms with E-state index < -0.39 is 5.97 Å². The first-order chi connectivity index (χ1) is 7.27. The summed E-state index contributed by atoms with van der Waals surface area (Å²) >= 11 is 0. The van der Waals surface area contributed by atoms with Gasteiger partial charge in [0.2, 0.25) is 0 Å². The van der Waals surface area contributed by atoms with E-state index in [1.807, 2.05) is 27.7 Å². The van der Waals surface area contributed by atoms with E-state index in [9.17, 15) is 9.59 Å². The van der Waals surface area contributed by atoms with Gasteiger partial charge in [-0.05, 0) is 12.3 Å². The summed E-state index contributed by atoms with van der Waals surface area (Å²) in [6.07, 6.45) is 0.854. The number of carbonyl (C=O) groups excluding carboxylic acids is 1. The summed E-state index contributed by atoms with van der Waals surface area (Å²) in [5, 5.41) is 8.35. The van der Waals surface area contributed by atoms with Crippen molar-refractivity contribution in [1.82, 2.24) is 0 Å². The standard InChI is InChI=1S/2C6H12O2/c1-4-5(2)6(7)8-3;1-4(2)5(3)6(7)8/h5H,4H2,1-3H3;4-5H,1-3H3,(H,7,8). The molecule has 0 saturated carbocycles. The third-order valence-corrected chi connectivity index (χ3v) is 2.61. The molecule has 2 atom stereocenters. The highest BCUT2D eigenvalue weighted by Crippen LogP contribution is 2.08. The molecule has 0 saturated heterocycles. The molecule has 0 aliphatic heterocycles. The van der Waals surface area contributed by atoms with Crippen LogP contribution in [-0.2, 0) is 14.3 Å². The smallest absolute Gasteiger partial charge is 0.308 e. The maximum Gasteiger partial charge on any atom is 0.308 e. The van der Waals surface area contributed by atoms with Gasteiger partial charge in [-0.15, -0.1) is 0 Å². The van der Waals surface area contributed by atoms with Gasteiger partial charge in [0.1, 0.15) is 0 Å². The fourth-order valence-corrected chi connectivity index (χ4v) is 0.653. The third-order valence-electron chi connectivity index (χ3n) is 2.61. The van der Waals surface area contributed by atoms with Crippen molar-refractivity contribution in [1.29, 1.82) is 0 Å². The maximum absolute atomic E-state index is 10.5. The van der Waals surface area contributed by atoms with Crippen LogP contribution in [0.1, 0.15) is 41.0 Å². The molecular formula is C12H24O4. The van der Waals surface area contributed by atoms with Crippen molar-refractivity contribution in [3.8, 4) is 0 Å². The highest BCUT2D eigenvalue weighted by atomic mass is 16.5. The van der Waals surface area contributed by atoms with Crippen molar-refractivity contribution in [3.05, 3.63) is 0 Å². The van der Waals surface area contributed by atoms with E-state index in [1.165, 1.54) is 7.11 Å². The molecule has 1 N–H and O–H groups in total. The van der Waals surface area contributed by atoms with Gasteiger partial charge in [-0.25, -0.2) is 0 Å².